The Labute approximate surface area is 195 Å². The summed E-state index contributed by atoms with van der Waals surface area (Å²) in [4.78, 5) is 40.9. The van der Waals surface area contributed by atoms with Gasteiger partial charge in [-0.25, -0.2) is 0 Å². The molecule has 1 aliphatic rings. The number of anilines is 1. The fraction of sp³-hybridized carbons (Fsp3) is 0.375. The van der Waals surface area contributed by atoms with E-state index < -0.39 is 18.1 Å². The number of hydrogen-bond donors (Lipinski definition) is 3. The molecule has 3 N–H and O–H groups in total. The first kappa shape index (κ1) is 25.4. The summed E-state index contributed by atoms with van der Waals surface area (Å²) in [6.07, 6.45) is 0. The van der Waals surface area contributed by atoms with Crippen molar-refractivity contribution in [2.75, 3.05) is 12.4 Å². The lowest BCUT2D eigenvalue weighted by molar-refractivity contribution is -0.143. The van der Waals surface area contributed by atoms with E-state index in [2.05, 4.69) is 16.0 Å². The molecule has 8 heteroatoms. The second kappa shape index (κ2) is 11.1. The molecule has 0 saturated heterocycles. The van der Waals surface area contributed by atoms with Gasteiger partial charge in [0.1, 0.15) is 12.1 Å². The van der Waals surface area contributed by atoms with Crippen molar-refractivity contribution < 1.29 is 14.4 Å². The van der Waals surface area contributed by atoms with Gasteiger partial charge in [-0.2, -0.15) is 0 Å². The van der Waals surface area contributed by atoms with Crippen LogP contribution in [0.3, 0.4) is 0 Å². The Balaban J connectivity index is 0.00000363. The average molecular weight is 459 g/mol. The van der Waals surface area contributed by atoms with E-state index in [9.17, 15) is 14.4 Å². The molecule has 2 aromatic carbocycles. The van der Waals surface area contributed by atoms with Crippen LogP contribution in [0, 0.1) is 5.92 Å². The van der Waals surface area contributed by atoms with Gasteiger partial charge in [0.05, 0.1) is 6.04 Å². The number of carbonyl (C=O) groups is 3. The van der Waals surface area contributed by atoms with Gasteiger partial charge in [-0.1, -0.05) is 56.3 Å². The number of nitrogens with zero attached hydrogens (tertiary/aromatic N) is 1. The van der Waals surface area contributed by atoms with Gasteiger partial charge in [0.15, 0.2) is 0 Å². The van der Waals surface area contributed by atoms with Gasteiger partial charge in [-0.15, -0.1) is 12.4 Å². The Morgan fingerprint density at radius 2 is 1.59 bits per heavy atom. The second-order valence-corrected chi connectivity index (χ2v) is 8.16. The van der Waals surface area contributed by atoms with Crippen molar-refractivity contribution in [2.45, 2.75) is 45.4 Å². The molecule has 2 aromatic rings. The van der Waals surface area contributed by atoms with E-state index in [0.29, 0.717) is 12.2 Å². The molecular formula is C24H31ClN4O3. The summed E-state index contributed by atoms with van der Waals surface area (Å²) in [7, 11) is 1.69. The first-order valence-electron chi connectivity index (χ1n) is 10.5. The maximum atomic E-state index is 13.6. The number of carbonyl (C=O) groups excluding carboxylic acids is 3. The predicted octanol–water partition coefficient (Wildman–Crippen LogP) is 2.88. The third-order valence-corrected chi connectivity index (χ3v) is 5.63. The predicted molar refractivity (Wildman–Crippen MR) is 127 cm³/mol. The summed E-state index contributed by atoms with van der Waals surface area (Å²) >= 11 is 0. The molecule has 3 amide bonds. The van der Waals surface area contributed by atoms with Crippen LogP contribution in [0.5, 0.6) is 0 Å². The smallest absolute Gasteiger partial charge is 0.251 e. The summed E-state index contributed by atoms with van der Waals surface area (Å²) in [6.45, 7) is 5.83. The second-order valence-electron chi connectivity index (χ2n) is 8.16. The topological polar surface area (TPSA) is 90.5 Å². The van der Waals surface area contributed by atoms with Crippen molar-refractivity contribution in [3.8, 4) is 0 Å². The van der Waals surface area contributed by atoms with Gasteiger partial charge in [-0.05, 0) is 43.1 Å². The van der Waals surface area contributed by atoms with Crippen LogP contribution in [0.15, 0.2) is 54.6 Å². The number of likely N-dealkylation sites (N-methyl/N-ethyl adjacent to an activating group) is 1. The van der Waals surface area contributed by atoms with Crippen LogP contribution in [0.1, 0.15) is 37.9 Å². The first-order chi connectivity index (χ1) is 14.8. The highest BCUT2D eigenvalue weighted by Gasteiger charge is 2.41. The Bertz CT molecular complexity index is 951. The number of fused-ring (bicyclic) bond motifs is 1. The number of halogens is 1. The van der Waals surface area contributed by atoms with Gasteiger partial charge in [0.2, 0.25) is 11.8 Å². The molecule has 0 saturated carbocycles. The van der Waals surface area contributed by atoms with Crippen molar-refractivity contribution >= 4 is 35.8 Å². The molecule has 7 nitrogen and oxygen atoms in total. The minimum atomic E-state index is -0.760. The molecule has 0 fully saturated rings. The molecule has 3 rings (SSSR count). The minimum Gasteiger partial charge on any atom is -0.343 e. The summed E-state index contributed by atoms with van der Waals surface area (Å²) < 4.78 is 0. The minimum absolute atomic E-state index is 0. The van der Waals surface area contributed by atoms with Gasteiger partial charge < -0.3 is 20.9 Å². The molecule has 0 aliphatic carbocycles. The number of para-hydroxylation sites is 1. The van der Waals surface area contributed by atoms with E-state index >= 15 is 0 Å². The summed E-state index contributed by atoms with van der Waals surface area (Å²) in [5, 5.41) is 8.66. The Morgan fingerprint density at radius 1 is 0.969 bits per heavy atom. The maximum Gasteiger partial charge on any atom is 0.251 e. The van der Waals surface area contributed by atoms with Crippen LogP contribution in [0.25, 0.3) is 0 Å². The zero-order chi connectivity index (χ0) is 22.5. The molecule has 0 bridgehead atoms. The van der Waals surface area contributed by atoms with Crippen LogP contribution < -0.4 is 16.0 Å². The molecule has 1 heterocycles. The zero-order valence-corrected chi connectivity index (χ0v) is 19.6. The van der Waals surface area contributed by atoms with E-state index in [1.165, 1.54) is 0 Å². The van der Waals surface area contributed by atoms with Gasteiger partial charge in [-0.3, -0.25) is 14.4 Å². The summed E-state index contributed by atoms with van der Waals surface area (Å²) in [5.41, 5.74) is 2.41. The largest absolute Gasteiger partial charge is 0.343 e. The van der Waals surface area contributed by atoms with Crippen LogP contribution in [0.4, 0.5) is 5.69 Å². The molecule has 3 atom stereocenters. The van der Waals surface area contributed by atoms with E-state index in [4.69, 9.17) is 0 Å². The molecule has 172 valence electrons. The van der Waals surface area contributed by atoms with Crippen LogP contribution in [0.2, 0.25) is 0 Å². The first-order valence-corrected chi connectivity index (χ1v) is 10.5. The van der Waals surface area contributed by atoms with E-state index in [-0.39, 0.29) is 36.0 Å². The summed E-state index contributed by atoms with van der Waals surface area (Å²) in [5.74, 6) is -0.934. The molecule has 0 radical (unpaired) electrons. The lowest BCUT2D eigenvalue weighted by Crippen LogP contribution is -2.55. The number of rotatable bonds is 7. The number of benzene rings is 2. The molecule has 32 heavy (non-hydrogen) atoms. The Hall–Kier alpha value is -2.90. The van der Waals surface area contributed by atoms with E-state index in [1.807, 2.05) is 56.3 Å². The number of nitrogens with one attached hydrogen (secondary N) is 3. The van der Waals surface area contributed by atoms with Gasteiger partial charge in [0.25, 0.3) is 5.91 Å². The average Bonchev–Trinajstić information content (AvgIpc) is 3.16. The third-order valence-electron chi connectivity index (χ3n) is 5.63. The van der Waals surface area contributed by atoms with Crippen LogP contribution in [-0.2, 0) is 20.9 Å². The highest BCUT2D eigenvalue weighted by atomic mass is 35.5. The molecule has 0 spiro atoms. The molecule has 1 aliphatic heterocycles. The van der Waals surface area contributed by atoms with Crippen molar-refractivity contribution in [1.82, 2.24) is 15.5 Å². The quantitative estimate of drug-likeness (QED) is 0.595. The van der Waals surface area contributed by atoms with Crippen molar-refractivity contribution in [3.05, 3.63) is 65.7 Å². The van der Waals surface area contributed by atoms with Crippen molar-refractivity contribution in [2.24, 2.45) is 5.92 Å². The van der Waals surface area contributed by atoms with E-state index in [1.54, 1.807) is 31.0 Å². The van der Waals surface area contributed by atoms with Crippen molar-refractivity contribution in [3.63, 3.8) is 0 Å². The molecule has 1 unspecified atom stereocenters. The number of hydrogen-bond acceptors (Lipinski definition) is 4. The fourth-order valence-electron chi connectivity index (χ4n) is 3.71. The fourth-order valence-corrected chi connectivity index (χ4v) is 3.71. The Kier molecular flexibility index (Phi) is 8.80. The molecule has 0 aromatic heterocycles. The monoisotopic (exact) mass is 458 g/mol. The number of amides is 3. The Morgan fingerprint density at radius 3 is 2.22 bits per heavy atom. The van der Waals surface area contributed by atoms with E-state index in [0.717, 1.165) is 11.1 Å². The highest BCUT2D eigenvalue weighted by Crippen LogP contribution is 2.35. The summed E-state index contributed by atoms with van der Waals surface area (Å²) in [6, 6.07) is 14.8. The normalized spacial score (nSPS) is 16.5. The maximum absolute atomic E-state index is 13.6. The third kappa shape index (κ3) is 5.47. The standard InChI is InChI=1S/C24H30N4O3.ClH/c1-15(2)20(27-22(29)16(3)25-4)24(31)28-14-17-10-8-9-13-19(17)21(28)23(30)26-18-11-6-5-7-12-18;/h5-13,15-16,20-21,25H,14H2,1-4H3,(H,26,30)(H,27,29);1H/t16-,20-,21?;/m0./s1. The van der Waals surface area contributed by atoms with Gasteiger partial charge in [0, 0.05) is 12.2 Å². The zero-order valence-electron chi connectivity index (χ0n) is 18.8. The SMILES string of the molecule is CN[C@@H](C)C(=O)N[C@H](C(=O)N1Cc2ccccc2C1C(=O)Nc1ccccc1)C(C)C.Cl. The lowest BCUT2D eigenvalue weighted by Gasteiger charge is -2.31. The molecular weight excluding hydrogens is 428 g/mol. The van der Waals surface area contributed by atoms with Gasteiger partial charge >= 0.3 is 0 Å². The lowest BCUT2D eigenvalue weighted by atomic mass is 10.0. The highest BCUT2D eigenvalue weighted by molar-refractivity contribution is 6.00. The van der Waals surface area contributed by atoms with Crippen LogP contribution >= 0.6 is 12.4 Å². The van der Waals surface area contributed by atoms with Crippen LogP contribution in [-0.4, -0.2) is 41.8 Å². The van der Waals surface area contributed by atoms with Crippen molar-refractivity contribution in [1.29, 1.82) is 0 Å².